The molecule has 0 radical (unpaired) electrons. The molecule has 1 heterocycles. The van der Waals surface area contributed by atoms with Gasteiger partial charge in [0.15, 0.2) is 0 Å². The SMILES string of the molecule is CSCC[C@H](N)C(=O)OC1CCCN(C(=O)c2ccc(NC(=O)c3ccccc3C)cc2C)c2ccc(Cl)cc21.Cl. The summed E-state index contributed by atoms with van der Waals surface area (Å²) in [5, 5.41) is 3.42. The molecule has 1 aliphatic heterocycles. The number of hydrogen-bond donors (Lipinski definition) is 2. The maximum atomic E-state index is 13.9. The van der Waals surface area contributed by atoms with Gasteiger partial charge in [-0.25, -0.2) is 0 Å². The van der Waals surface area contributed by atoms with Gasteiger partial charge in [-0.2, -0.15) is 11.8 Å². The van der Waals surface area contributed by atoms with Crippen LogP contribution in [0.2, 0.25) is 5.02 Å². The number of halogens is 2. The number of benzene rings is 3. The van der Waals surface area contributed by atoms with Crippen LogP contribution in [0.5, 0.6) is 0 Å². The van der Waals surface area contributed by atoms with Crippen molar-refractivity contribution < 1.29 is 19.1 Å². The number of rotatable bonds is 8. The molecule has 1 unspecified atom stereocenters. The quantitative estimate of drug-likeness (QED) is 0.272. The molecule has 0 aliphatic carbocycles. The lowest BCUT2D eigenvalue weighted by atomic mass is 10.0. The molecule has 4 rings (SSSR count). The number of nitrogens with two attached hydrogens (primary N) is 1. The highest BCUT2D eigenvalue weighted by Gasteiger charge is 2.31. The summed E-state index contributed by atoms with van der Waals surface area (Å²) in [7, 11) is 0. The number of amides is 2. The monoisotopic (exact) mass is 615 g/mol. The second kappa shape index (κ2) is 14.7. The van der Waals surface area contributed by atoms with Crippen molar-refractivity contribution in [3.8, 4) is 0 Å². The van der Waals surface area contributed by atoms with Crippen LogP contribution in [0, 0.1) is 13.8 Å². The zero-order chi connectivity index (χ0) is 28.8. The Kier molecular flexibility index (Phi) is 11.7. The van der Waals surface area contributed by atoms with Gasteiger partial charge in [-0.3, -0.25) is 14.4 Å². The van der Waals surface area contributed by atoms with Crippen molar-refractivity contribution in [3.05, 3.63) is 93.5 Å². The summed E-state index contributed by atoms with van der Waals surface area (Å²) >= 11 is 7.96. The zero-order valence-electron chi connectivity index (χ0n) is 23.3. The fraction of sp³-hybridized carbons (Fsp3) is 0.323. The van der Waals surface area contributed by atoms with E-state index in [1.54, 1.807) is 59.1 Å². The normalized spacial score (nSPS) is 15.1. The number of nitrogens with zero attached hydrogens (tertiary/aromatic N) is 1. The molecule has 2 atom stereocenters. The summed E-state index contributed by atoms with van der Waals surface area (Å²) in [5.41, 5.74) is 10.7. The smallest absolute Gasteiger partial charge is 0.323 e. The molecule has 0 fully saturated rings. The third-order valence-corrected chi connectivity index (χ3v) is 7.90. The van der Waals surface area contributed by atoms with Gasteiger partial charge < -0.3 is 20.7 Å². The molecule has 41 heavy (non-hydrogen) atoms. The fourth-order valence-electron chi connectivity index (χ4n) is 4.82. The average molecular weight is 617 g/mol. The first-order valence-corrected chi connectivity index (χ1v) is 15.0. The molecule has 1 aliphatic rings. The molecule has 0 spiro atoms. The first-order chi connectivity index (χ1) is 19.2. The Balaban J connectivity index is 0.00000462. The lowest BCUT2D eigenvalue weighted by Crippen LogP contribution is -2.34. The van der Waals surface area contributed by atoms with Crippen LogP contribution in [0.25, 0.3) is 0 Å². The summed E-state index contributed by atoms with van der Waals surface area (Å²) in [6.07, 6.45) is 3.10. The van der Waals surface area contributed by atoms with Crippen LogP contribution in [0.3, 0.4) is 0 Å². The predicted molar refractivity (Wildman–Crippen MR) is 170 cm³/mol. The lowest BCUT2D eigenvalue weighted by molar-refractivity contribution is -0.151. The van der Waals surface area contributed by atoms with Crippen LogP contribution in [0.4, 0.5) is 11.4 Å². The van der Waals surface area contributed by atoms with Gasteiger partial charge in [-0.05, 0) is 98.7 Å². The molecule has 7 nitrogen and oxygen atoms in total. The van der Waals surface area contributed by atoms with E-state index in [0.29, 0.717) is 58.9 Å². The molecule has 0 bridgehead atoms. The number of hydrogen-bond acceptors (Lipinski definition) is 6. The number of thioether (sulfide) groups is 1. The number of nitrogens with one attached hydrogen (secondary N) is 1. The number of carbonyl (C=O) groups excluding carboxylic acids is 3. The van der Waals surface area contributed by atoms with Crippen molar-refractivity contribution in [3.63, 3.8) is 0 Å². The fourth-order valence-corrected chi connectivity index (χ4v) is 5.49. The van der Waals surface area contributed by atoms with E-state index in [4.69, 9.17) is 22.1 Å². The van der Waals surface area contributed by atoms with Gasteiger partial charge in [-0.1, -0.05) is 29.8 Å². The first-order valence-electron chi connectivity index (χ1n) is 13.2. The van der Waals surface area contributed by atoms with Gasteiger partial charge in [0.05, 0.1) is 5.69 Å². The Morgan fingerprint density at radius 3 is 2.54 bits per heavy atom. The Bertz CT molecular complexity index is 1420. The predicted octanol–water partition coefficient (Wildman–Crippen LogP) is 6.74. The van der Waals surface area contributed by atoms with Gasteiger partial charge in [0, 0.05) is 33.9 Å². The van der Waals surface area contributed by atoms with Crippen molar-refractivity contribution in [1.29, 1.82) is 0 Å². The van der Waals surface area contributed by atoms with Crippen molar-refractivity contribution in [2.75, 3.05) is 28.8 Å². The van der Waals surface area contributed by atoms with Crippen LogP contribution >= 0.6 is 35.8 Å². The van der Waals surface area contributed by atoms with Gasteiger partial charge in [0.2, 0.25) is 0 Å². The van der Waals surface area contributed by atoms with Crippen LogP contribution in [0.15, 0.2) is 60.7 Å². The van der Waals surface area contributed by atoms with Crippen molar-refractivity contribution in [2.45, 2.75) is 45.3 Å². The minimum absolute atomic E-state index is 0. The number of anilines is 2. The minimum atomic E-state index is -0.705. The van der Waals surface area contributed by atoms with Gasteiger partial charge in [-0.15, -0.1) is 12.4 Å². The number of esters is 1. The molecule has 2 amide bonds. The number of carbonyl (C=O) groups is 3. The molecule has 3 N–H and O–H groups in total. The second-order valence-corrected chi connectivity index (χ2v) is 11.3. The van der Waals surface area contributed by atoms with Crippen LogP contribution < -0.4 is 16.0 Å². The van der Waals surface area contributed by atoms with Crippen molar-refractivity contribution in [2.24, 2.45) is 5.73 Å². The molecule has 0 saturated heterocycles. The Morgan fingerprint density at radius 1 is 1.07 bits per heavy atom. The van der Waals surface area contributed by atoms with Gasteiger partial charge >= 0.3 is 5.97 Å². The van der Waals surface area contributed by atoms with E-state index >= 15 is 0 Å². The number of fused-ring (bicyclic) bond motifs is 1. The van der Waals surface area contributed by atoms with E-state index in [1.807, 2.05) is 38.3 Å². The maximum absolute atomic E-state index is 13.9. The highest BCUT2D eigenvalue weighted by Crippen LogP contribution is 2.38. The molecule has 3 aromatic carbocycles. The van der Waals surface area contributed by atoms with E-state index < -0.39 is 18.1 Å². The molecular formula is C31H35Cl2N3O4S. The third kappa shape index (κ3) is 7.83. The average Bonchev–Trinajstić information content (AvgIpc) is 3.10. The highest BCUT2D eigenvalue weighted by molar-refractivity contribution is 7.98. The number of ether oxygens (including phenoxy) is 1. The molecule has 0 aromatic heterocycles. The van der Waals surface area contributed by atoms with E-state index in [1.165, 1.54) is 0 Å². The lowest BCUT2D eigenvalue weighted by Gasteiger charge is -2.25. The standard InChI is InChI=1S/C31H34ClN3O4S.ClH/c1-19-7-4-5-8-23(19)29(36)34-22-11-12-24(20(2)17-22)30(37)35-15-6-9-28(25-18-21(32)10-13-27(25)35)39-31(38)26(33)14-16-40-3;/h4-5,7-8,10-13,17-18,26,28H,6,9,14-16,33H2,1-3H3,(H,34,36);1H/t26-,28?;/m0./s1. The summed E-state index contributed by atoms with van der Waals surface area (Å²) in [6, 6.07) is 17.2. The highest BCUT2D eigenvalue weighted by atomic mass is 35.5. The van der Waals surface area contributed by atoms with Gasteiger partial charge in [0.1, 0.15) is 12.1 Å². The van der Waals surface area contributed by atoms with E-state index in [9.17, 15) is 14.4 Å². The van der Waals surface area contributed by atoms with Crippen LogP contribution in [0.1, 0.15) is 62.8 Å². The summed E-state index contributed by atoms with van der Waals surface area (Å²) in [5.74, 6) is -0.0756. The molecule has 10 heteroatoms. The van der Waals surface area contributed by atoms with Crippen molar-refractivity contribution >= 4 is 64.9 Å². The van der Waals surface area contributed by atoms with Crippen LogP contribution in [-0.4, -0.2) is 42.4 Å². The van der Waals surface area contributed by atoms with Crippen LogP contribution in [-0.2, 0) is 9.53 Å². The van der Waals surface area contributed by atoms with Crippen molar-refractivity contribution in [1.82, 2.24) is 0 Å². The Labute approximate surface area is 256 Å². The minimum Gasteiger partial charge on any atom is -0.456 e. The molecule has 218 valence electrons. The summed E-state index contributed by atoms with van der Waals surface area (Å²) in [4.78, 5) is 41.1. The Hall–Kier alpha value is -3.04. The molecular weight excluding hydrogens is 581 g/mol. The first kappa shape index (κ1) is 32.5. The second-order valence-electron chi connectivity index (χ2n) is 9.91. The van der Waals surface area contributed by atoms with Gasteiger partial charge in [0.25, 0.3) is 11.8 Å². The maximum Gasteiger partial charge on any atom is 0.323 e. The summed E-state index contributed by atoms with van der Waals surface area (Å²) in [6.45, 7) is 4.18. The summed E-state index contributed by atoms with van der Waals surface area (Å²) < 4.78 is 5.86. The zero-order valence-corrected chi connectivity index (χ0v) is 25.7. The number of aryl methyl sites for hydroxylation is 2. The topological polar surface area (TPSA) is 102 Å². The molecule has 0 saturated carbocycles. The van der Waals surface area contributed by atoms with E-state index in [-0.39, 0.29) is 24.2 Å². The largest absolute Gasteiger partial charge is 0.456 e. The Morgan fingerprint density at radius 2 is 1.83 bits per heavy atom. The van der Waals surface area contributed by atoms with E-state index in [2.05, 4.69) is 5.32 Å². The van der Waals surface area contributed by atoms with E-state index in [0.717, 1.165) is 16.9 Å². The molecule has 3 aromatic rings. The third-order valence-electron chi connectivity index (χ3n) is 7.02.